The van der Waals surface area contributed by atoms with Gasteiger partial charge in [0.1, 0.15) is 12.4 Å². The van der Waals surface area contributed by atoms with E-state index < -0.39 is 15.8 Å². The SMILES string of the molecule is Cn1c(=O)oc2cc(S(=O)(=O)N3CCOc4ccc(Cl)cc43)ccc21. The highest BCUT2D eigenvalue weighted by Gasteiger charge is 2.31. The van der Waals surface area contributed by atoms with Gasteiger partial charge >= 0.3 is 5.76 Å². The number of hydrogen-bond donors (Lipinski definition) is 0. The summed E-state index contributed by atoms with van der Waals surface area (Å²) in [6, 6.07) is 9.18. The summed E-state index contributed by atoms with van der Waals surface area (Å²) in [6.45, 7) is 0.392. The average molecular weight is 381 g/mol. The van der Waals surface area contributed by atoms with Crippen LogP contribution in [-0.2, 0) is 17.1 Å². The van der Waals surface area contributed by atoms with Gasteiger partial charge in [-0.1, -0.05) is 11.6 Å². The molecule has 3 aromatic rings. The Morgan fingerprint density at radius 1 is 1.16 bits per heavy atom. The molecule has 0 atom stereocenters. The number of hydrogen-bond acceptors (Lipinski definition) is 5. The number of aromatic nitrogens is 1. The van der Waals surface area contributed by atoms with E-state index >= 15 is 0 Å². The third kappa shape index (κ3) is 2.49. The van der Waals surface area contributed by atoms with E-state index in [1.165, 1.54) is 21.0 Å². The summed E-state index contributed by atoms with van der Waals surface area (Å²) in [5.41, 5.74) is 1.12. The van der Waals surface area contributed by atoms with Crippen LogP contribution in [0.1, 0.15) is 0 Å². The highest BCUT2D eigenvalue weighted by molar-refractivity contribution is 7.92. The number of oxazole rings is 1. The Morgan fingerprint density at radius 2 is 1.96 bits per heavy atom. The molecule has 9 heteroatoms. The highest BCUT2D eigenvalue weighted by Crippen LogP contribution is 2.37. The Kier molecular flexibility index (Phi) is 3.55. The summed E-state index contributed by atoms with van der Waals surface area (Å²) in [5, 5.41) is 0.411. The zero-order valence-electron chi connectivity index (χ0n) is 13.1. The molecular weight excluding hydrogens is 368 g/mol. The van der Waals surface area contributed by atoms with Crippen LogP contribution in [0.15, 0.2) is 50.5 Å². The summed E-state index contributed by atoms with van der Waals surface area (Å²) in [5.74, 6) is -0.0976. The molecular formula is C16H13ClN2O5S. The van der Waals surface area contributed by atoms with Crippen molar-refractivity contribution in [1.29, 1.82) is 0 Å². The fraction of sp³-hybridized carbons (Fsp3) is 0.188. The van der Waals surface area contributed by atoms with Crippen LogP contribution >= 0.6 is 11.6 Å². The van der Waals surface area contributed by atoms with Crippen LogP contribution in [0.25, 0.3) is 11.1 Å². The van der Waals surface area contributed by atoms with Gasteiger partial charge in [0, 0.05) is 18.1 Å². The molecule has 0 bridgehead atoms. The molecule has 2 aromatic carbocycles. The standard InChI is InChI=1S/C16H13ClN2O5S/c1-18-12-4-3-11(9-15(12)24-16(18)20)25(21,22)19-6-7-23-14-5-2-10(17)8-13(14)19/h2-5,8-9H,6-7H2,1H3. The van der Waals surface area contributed by atoms with Crippen molar-refractivity contribution in [2.24, 2.45) is 7.05 Å². The zero-order chi connectivity index (χ0) is 17.8. The van der Waals surface area contributed by atoms with E-state index in [0.717, 1.165) is 0 Å². The topological polar surface area (TPSA) is 81.8 Å². The number of fused-ring (bicyclic) bond motifs is 2. The lowest BCUT2D eigenvalue weighted by molar-refractivity contribution is 0.316. The van der Waals surface area contributed by atoms with E-state index in [1.54, 1.807) is 31.3 Å². The van der Waals surface area contributed by atoms with Gasteiger partial charge in [0.25, 0.3) is 10.0 Å². The molecule has 25 heavy (non-hydrogen) atoms. The molecule has 130 valence electrons. The molecule has 0 unspecified atom stereocenters. The molecule has 1 aliphatic rings. The van der Waals surface area contributed by atoms with Crippen molar-refractivity contribution in [2.45, 2.75) is 4.90 Å². The van der Waals surface area contributed by atoms with Crippen LogP contribution in [0, 0.1) is 0 Å². The van der Waals surface area contributed by atoms with Crippen molar-refractivity contribution in [3.8, 4) is 5.75 Å². The molecule has 0 spiro atoms. The van der Waals surface area contributed by atoms with Crippen LogP contribution in [0.2, 0.25) is 5.02 Å². The quantitative estimate of drug-likeness (QED) is 0.681. The monoisotopic (exact) mass is 380 g/mol. The largest absolute Gasteiger partial charge is 0.489 e. The molecule has 2 heterocycles. The maximum atomic E-state index is 13.1. The molecule has 0 radical (unpaired) electrons. The highest BCUT2D eigenvalue weighted by atomic mass is 35.5. The molecule has 0 amide bonds. The van der Waals surface area contributed by atoms with E-state index in [0.29, 0.717) is 22.0 Å². The van der Waals surface area contributed by atoms with E-state index in [2.05, 4.69) is 0 Å². The Morgan fingerprint density at radius 3 is 2.76 bits per heavy atom. The maximum Gasteiger partial charge on any atom is 0.419 e. The van der Waals surface area contributed by atoms with Crippen molar-refractivity contribution >= 4 is 38.4 Å². The average Bonchev–Trinajstić information content (AvgIpc) is 2.88. The van der Waals surface area contributed by atoms with Gasteiger partial charge in [0.15, 0.2) is 5.58 Å². The molecule has 0 aliphatic carbocycles. The van der Waals surface area contributed by atoms with Gasteiger partial charge < -0.3 is 9.15 Å². The van der Waals surface area contributed by atoms with Crippen molar-refractivity contribution in [3.63, 3.8) is 0 Å². The number of anilines is 1. The van der Waals surface area contributed by atoms with Gasteiger partial charge in [-0.3, -0.25) is 8.87 Å². The van der Waals surface area contributed by atoms with Gasteiger partial charge in [-0.05, 0) is 30.3 Å². The van der Waals surface area contributed by atoms with Crippen molar-refractivity contribution < 1.29 is 17.6 Å². The van der Waals surface area contributed by atoms with Crippen molar-refractivity contribution in [1.82, 2.24) is 4.57 Å². The number of halogens is 1. The summed E-state index contributed by atoms with van der Waals surface area (Å²) in [7, 11) is -2.31. The van der Waals surface area contributed by atoms with E-state index in [-0.39, 0.29) is 23.6 Å². The van der Waals surface area contributed by atoms with Crippen molar-refractivity contribution in [3.05, 3.63) is 52.0 Å². The summed E-state index contributed by atoms with van der Waals surface area (Å²) < 4.78 is 39.3. The minimum Gasteiger partial charge on any atom is -0.489 e. The number of benzene rings is 2. The number of rotatable bonds is 2. The zero-order valence-corrected chi connectivity index (χ0v) is 14.7. The third-order valence-electron chi connectivity index (χ3n) is 4.09. The predicted molar refractivity (Wildman–Crippen MR) is 92.9 cm³/mol. The summed E-state index contributed by atoms with van der Waals surface area (Å²) in [4.78, 5) is 11.6. The normalized spacial score (nSPS) is 14.4. The van der Waals surface area contributed by atoms with Crippen LogP contribution in [-0.4, -0.2) is 26.1 Å². The van der Waals surface area contributed by atoms with Gasteiger partial charge in [0.2, 0.25) is 0 Å². The smallest absolute Gasteiger partial charge is 0.419 e. The first-order valence-corrected chi connectivity index (χ1v) is 9.24. The number of aryl methyl sites for hydroxylation is 1. The molecule has 1 aliphatic heterocycles. The molecule has 0 N–H and O–H groups in total. The molecule has 7 nitrogen and oxygen atoms in total. The van der Waals surface area contributed by atoms with Crippen LogP contribution < -0.4 is 14.8 Å². The summed E-state index contributed by atoms with van der Waals surface area (Å²) in [6.07, 6.45) is 0. The number of ether oxygens (including phenoxy) is 1. The van der Waals surface area contributed by atoms with Crippen LogP contribution in [0.4, 0.5) is 5.69 Å². The molecule has 0 fully saturated rings. The predicted octanol–water partition coefficient (Wildman–Crippen LogP) is 2.37. The lowest BCUT2D eigenvalue weighted by Gasteiger charge is -2.30. The second-order valence-corrected chi connectivity index (χ2v) is 7.89. The lowest BCUT2D eigenvalue weighted by atomic mass is 10.2. The third-order valence-corrected chi connectivity index (χ3v) is 6.14. The summed E-state index contributed by atoms with van der Waals surface area (Å²) >= 11 is 6.01. The second-order valence-electron chi connectivity index (χ2n) is 5.59. The second kappa shape index (κ2) is 5.53. The molecule has 4 rings (SSSR count). The fourth-order valence-corrected chi connectivity index (χ4v) is 4.45. The van der Waals surface area contributed by atoms with Crippen LogP contribution in [0.5, 0.6) is 5.75 Å². The first-order valence-electron chi connectivity index (χ1n) is 7.42. The maximum absolute atomic E-state index is 13.1. The number of sulfonamides is 1. The fourth-order valence-electron chi connectivity index (χ4n) is 2.82. The first kappa shape index (κ1) is 16.0. The Bertz CT molecular complexity index is 1150. The Hall–Kier alpha value is -2.45. The minimum atomic E-state index is -3.86. The minimum absolute atomic E-state index is 0.0298. The van der Waals surface area contributed by atoms with E-state index in [9.17, 15) is 13.2 Å². The van der Waals surface area contributed by atoms with Gasteiger partial charge in [-0.25, -0.2) is 13.2 Å². The van der Waals surface area contributed by atoms with Gasteiger partial charge in [-0.15, -0.1) is 0 Å². The number of nitrogens with zero attached hydrogens (tertiary/aromatic N) is 2. The Labute approximate surface area is 148 Å². The van der Waals surface area contributed by atoms with Gasteiger partial charge in [-0.2, -0.15) is 0 Å². The van der Waals surface area contributed by atoms with E-state index in [4.69, 9.17) is 20.8 Å². The molecule has 1 aromatic heterocycles. The lowest BCUT2D eigenvalue weighted by Crippen LogP contribution is -2.37. The van der Waals surface area contributed by atoms with E-state index in [1.807, 2.05) is 0 Å². The van der Waals surface area contributed by atoms with Crippen molar-refractivity contribution in [2.75, 3.05) is 17.5 Å². The first-order chi connectivity index (χ1) is 11.9. The molecule has 0 saturated carbocycles. The molecule has 0 saturated heterocycles. The van der Waals surface area contributed by atoms with Gasteiger partial charge in [0.05, 0.1) is 22.6 Å². The van der Waals surface area contributed by atoms with Crippen LogP contribution in [0.3, 0.4) is 0 Å². The Balaban J connectivity index is 1.86.